The van der Waals surface area contributed by atoms with Crippen LogP contribution in [0, 0.1) is 0 Å². The molecule has 372 valence electrons. The molecule has 1 aromatic heterocycles. The summed E-state index contributed by atoms with van der Waals surface area (Å²) in [5.41, 5.74) is 18.1. The molecule has 3 aromatic carbocycles. The van der Waals surface area contributed by atoms with Crippen molar-refractivity contribution in [3.05, 3.63) is 113 Å². The molecular formula is C49H61ClN12O8. The first-order valence-corrected chi connectivity index (χ1v) is 23.3. The zero-order chi connectivity index (χ0) is 50.9. The van der Waals surface area contributed by atoms with Gasteiger partial charge in [0.2, 0.25) is 47.3 Å². The van der Waals surface area contributed by atoms with Crippen LogP contribution in [0.5, 0.6) is 0 Å². The number of nitrogens with one attached hydrogen (secondary N) is 5. The lowest BCUT2D eigenvalue weighted by Gasteiger charge is -2.30. The average Bonchev–Trinajstić information content (AvgIpc) is 3.82. The molecule has 0 radical (unpaired) electrons. The molecule has 1 aliphatic rings. The fourth-order valence-electron chi connectivity index (χ4n) is 8.04. The molecule has 0 spiro atoms. The first-order chi connectivity index (χ1) is 33.4. The van der Waals surface area contributed by atoms with Crippen LogP contribution in [-0.2, 0) is 57.6 Å². The summed E-state index contributed by atoms with van der Waals surface area (Å²) < 4.78 is 0. The summed E-state index contributed by atoms with van der Waals surface area (Å²) >= 11 is 6.17. The summed E-state index contributed by atoms with van der Waals surface area (Å²) in [6, 6.07) is 18.4. The summed E-state index contributed by atoms with van der Waals surface area (Å²) in [5, 5.41) is 15.9. The molecule has 1 aliphatic heterocycles. The molecule has 21 heteroatoms. The van der Waals surface area contributed by atoms with Gasteiger partial charge in [0.25, 0.3) is 0 Å². The Hall–Kier alpha value is -7.61. The van der Waals surface area contributed by atoms with Gasteiger partial charge < -0.3 is 53.6 Å². The number of fused-ring (bicyclic) bond motifs is 1. The number of likely N-dealkylation sites (N-methyl/N-ethyl adjacent to an activating group) is 1. The maximum Gasteiger partial charge on any atom is 0.245 e. The number of halogens is 1. The van der Waals surface area contributed by atoms with E-state index < -0.39 is 90.1 Å². The predicted octanol–water partition coefficient (Wildman–Crippen LogP) is 0.368. The molecule has 11 N–H and O–H groups in total. The highest BCUT2D eigenvalue weighted by atomic mass is 35.5. The van der Waals surface area contributed by atoms with Crippen LogP contribution in [0.2, 0.25) is 5.02 Å². The van der Waals surface area contributed by atoms with Gasteiger partial charge in [-0.2, -0.15) is 0 Å². The highest BCUT2D eigenvalue weighted by Gasteiger charge is 2.39. The lowest BCUT2D eigenvalue weighted by molar-refractivity contribution is -0.143. The summed E-state index contributed by atoms with van der Waals surface area (Å²) in [6.07, 6.45) is 2.58. The first-order valence-electron chi connectivity index (χ1n) is 22.9. The predicted molar refractivity (Wildman–Crippen MR) is 263 cm³/mol. The maximum atomic E-state index is 14.5. The largest absolute Gasteiger partial charge is 0.370 e. The van der Waals surface area contributed by atoms with Gasteiger partial charge in [0, 0.05) is 63.2 Å². The van der Waals surface area contributed by atoms with E-state index in [0.29, 0.717) is 29.1 Å². The second kappa shape index (κ2) is 25.7. The Kier molecular flexibility index (Phi) is 19.6. The maximum absolute atomic E-state index is 14.5. The SMILES string of the molecule is CC(=O)N[C@@H](Cc1ccc2ccccc2c1)C(=O)N[C@H](Cc1ccc(Cl)cc1)C(=O)N[C@H](Cc1ccccn1)C(=O)N(C)CC(=O)N[C@H](CCCN=C(N)N)C(=O)N1CCC[C@@H]1C(=O)N[C@@H](C)C(N)=O. The molecule has 0 aliphatic carbocycles. The molecule has 0 bridgehead atoms. The molecule has 70 heavy (non-hydrogen) atoms. The summed E-state index contributed by atoms with van der Waals surface area (Å²) in [6.45, 7) is 2.48. The first kappa shape index (κ1) is 53.3. The minimum atomic E-state index is -1.32. The molecule has 5 rings (SSSR count). The summed E-state index contributed by atoms with van der Waals surface area (Å²) in [4.78, 5) is 119. The zero-order valence-corrected chi connectivity index (χ0v) is 40.1. The van der Waals surface area contributed by atoms with Crippen molar-refractivity contribution < 1.29 is 38.4 Å². The third-order valence-electron chi connectivity index (χ3n) is 11.6. The van der Waals surface area contributed by atoms with Crippen molar-refractivity contribution in [2.24, 2.45) is 22.2 Å². The smallest absolute Gasteiger partial charge is 0.245 e. The number of rotatable bonds is 23. The van der Waals surface area contributed by atoms with Crippen LogP contribution in [0.25, 0.3) is 10.8 Å². The van der Waals surface area contributed by atoms with Crippen molar-refractivity contribution in [2.75, 3.05) is 26.7 Å². The second-order valence-corrected chi connectivity index (χ2v) is 17.6. The molecule has 1 fully saturated rings. The van der Waals surface area contributed by atoms with Gasteiger partial charge in [-0.1, -0.05) is 72.3 Å². The van der Waals surface area contributed by atoms with Crippen LogP contribution < -0.4 is 43.8 Å². The molecule has 0 unspecified atom stereocenters. The van der Waals surface area contributed by atoms with Crippen molar-refractivity contribution in [2.45, 2.75) is 95.0 Å². The summed E-state index contributed by atoms with van der Waals surface area (Å²) in [7, 11) is 1.35. The van der Waals surface area contributed by atoms with E-state index in [2.05, 4.69) is 36.6 Å². The van der Waals surface area contributed by atoms with E-state index in [4.69, 9.17) is 28.8 Å². The quantitative estimate of drug-likeness (QED) is 0.0285. The van der Waals surface area contributed by atoms with E-state index in [1.54, 1.807) is 42.5 Å². The lowest BCUT2D eigenvalue weighted by Crippen LogP contribution is -2.59. The Balaban J connectivity index is 1.36. The van der Waals surface area contributed by atoms with E-state index >= 15 is 0 Å². The van der Waals surface area contributed by atoms with Crippen LogP contribution in [0.3, 0.4) is 0 Å². The van der Waals surface area contributed by atoms with Gasteiger partial charge in [0.05, 0.1) is 6.54 Å². The fraction of sp³-hybridized carbons (Fsp3) is 0.388. The van der Waals surface area contributed by atoms with Crippen molar-refractivity contribution in [1.29, 1.82) is 0 Å². The van der Waals surface area contributed by atoms with Crippen LogP contribution in [0.4, 0.5) is 0 Å². The standard InChI is InChI=1S/C49H61ClN12O8/c1-29(43(51)65)56-46(68)41-14-9-23-62(41)48(70)37(13-8-22-55-49(52)53)58-42(64)28-61(3)47(69)40(27-36-12-6-7-21-54-36)60-45(67)39(25-31-16-19-35(50)20-17-31)59-44(66)38(57-30(2)63)26-32-15-18-33-10-4-5-11-34(33)24-32/h4-7,10-12,15-21,24,29,37-41H,8-9,13-14,22-23,25-28H2,1-3H3,(H2,51,65)(H,56,68)(H,57,63)(H,58,64)(H,59,66)(H,60,67)(H4,52,53,55)/t29-,37+,38-,39+,40+,41+/m0/s1. The van der Waals surface area contributed by atoms with Crippen molar-refractivity contribution in [3.8, 4) is 0 Å². The third-order valence-corrected chi connectivity index (χ3v) is 11.9. The van der Waals surface area contributed by atoms with E-state index in [1.807, 2.05) is 42.5 Å². The fourth-order valence-corrected chi connectivity index (χ4v) is 8.16. The molecule has 20 nitrogen and oxygen atoms in total. The Bertz CT molecular complexity index is 2540. The topological polar surface area (TPSA) is 306 Å². The Morgan fingerprint density at radius 3 is 2.07 bits per heavy atom. The number of carbonyl (C=O) groups is 8. The molecular weight excluding hydrogens is 920 g/mol. The van der Waals surface area contributed by atoms with Gasteiger partial charge in [0.1, 0.15) is 36.3 Å². The normalized spacial score (nSPS) is 15.3. The number of pyridine rings is 1. The Labute approximate surface area is 410 Å². The number of nitrogens with two attached hydrogens (primary N) is 3. The summed E-state index contributed by atoms with van der Waals surface area (Å²) in [5.74, 6) is -5.34. The Morgan fingerprint density at radius 1 is 0.771 bits per heavy atom. The van der Waals surface area contributed by atoms with Crippen LogP contribution >= 0.6 is 11.6 Å². The number of aromatic nitrogens is 1. The number of guanidine groups is 1. The van der Waals surface area contributed by atoms with Gasteiger partial charge in [-0.15, -0.1) is 0 Å². The van der Waals surface area contributed by atoms with E-state index in [0.717, 1.165) is 21.2 Å². The molecule has 1 saturated heterocycles. The Morgan fingerprint density at radius 2 is 1.41 bits per heavy atom. The van der Waals surface area contributed by atoms with Crippen LogP contribution in [0.1, 0.15) is 56.4 Å². The van der Waals surface area contributed by atoms with E-state index in [-0.39, 0.29) is 51.2 Å². The highest BCUT2D eigenvalue weighted by molar-refractivity contribution is 6.30. The molecule has 8 amide bonds. The minimum Gasteiger partial charge on any atom is -0.370 e. The van der Waals surface area contributed by atoms with Crippen molar-refractivity contribution in [3.63, 3.8) is 0 Å². The number of benzene rings is 3. The number of hydrogen-bond acceptors (Lipinski definition) is 10. The number of amides is 8. The van der Waals surface area contributed by atoms with Gasteiger partial charge in [-0.3, -0.25) is 48.3 Å². The molecule has 6 atom stereocenters. The van der Waals surface area contributed by atoms with Gasteiger partial charge in [-0.05, 0) is 78.8 Å². The molecule has 2 heterocycles. The van der Waals surface area contributed by atoms with Crippen molar-refractivity contribution >= 4 is 75.6 Å². The average molecular weight is 982 g/mol. The highest BCUT2D eigenvalue weighted by Crippen LogP contribution is 2.21. The number of nitrogens with zero attached hydrogens (tertiary/aromatic N) is 4. The van der Waals surface area contributed by atoms with Crippen molar-refractivity contribution in [1.82, 2.24) is 41.4 Å². The minimum absolute atomic E-state index is 0.0391. The van der Waals surface area contributed by atoms with E-state index in [1.165, 1.54) is 32.0 Å². The lowest BCUT2D eigenvalue weighted by atomic mass is 9.99. The van der Waals surface area contributed by atoms with Crippen LogP contribution in [0.15, 0.2) is 96.1 Å². The second-order valence-electron chi connectivity index (χ2n) is 17.2. The number of likely N-dealkylation sites (tertiary alicyclic amines) is 1. The van der Waals surface area contributed by atoms with Gasteiger partial charge >= 0.3 is 0 Å². The zero-order valence-electron chi connectivity index (χ0n) is 39.4. The monoisotopic (exact) mass is 980 g/mol. The van der Waals surface area contributed by atoms with Crippen LogP contribution in [-0.4, -0.2) is 131 Å². The number of hydrogen-bond donors (Lipinski definition) is 8. The van der Waals surface area contributed by atoms with E-state index in [9.17, 15) is 38.4 Å². The number of primary amides is 1. The molecule has 4 aromatic rings. The van der Waals surface area contributed by atoms with Gasteiger partial charge in [-0.25, -0.2) is 0 Å². The molecule has 0 saturated carbocycles. The number of carbonyl (C=O) groups excluding carboxylic acids is 8. The van der Waals surface area contributed by atoms with Gasteiger partial charge in [0.15, 0.2) is 5.96 Å². The third kappa shape index (κ3) is 16.0. The number of aliphatic imine (C=N–C) groups is 1.